The molecule has 0 aliphatic rings. The van der Waals surface area contributed by atoms with Crippen LogP contribution in [0.25, 0.3) is 16.8 Å². The van der Waals surface area contributed by atoms with Crippen molar-refractivity contribution in [2.75, 3.05) is 0 Å². The summed E-state index contributed by atoms with van der Waals surface area (Å²) < 4.78 is 12.2. The van der Waals surface area contributed by atoms with Gasteiger partial charge in [0, 0.05) is 0 Å². The summed E-state index contributed by atoms with van der Waals surface area (Å²) in [7, 11) is 0. The Bertz CT molecular complexity index is 484. The second-order valence-corrected chi connectivity index (χ2v) is 3.80. The van der Waals surface area contributed by atoms with Crippen LogP contribution < -0.4 is 0 Å². The number of rotatable bonds is 1. The molecule has 0 heterocycles. The minimum Gasteiger partial charge on any atom is -0.199 e. The third kappa shape index (κ3) is 2.02. The summed E-state index contributed by atoms with van der Waals surface area (Å²) in [5.41, 5.74) is 0.859. The van der Waals surface area contributed by atoms with Crippen LogP contribution in [0.4, 0.5) is 4.39 Å². The monoisotopic (exact) mass is 250 g/mol. The topological polar surface area (TPSA) is 0 Å². The first-order valence-corrected chi connectivity index (χ1v) is 5.06. The number of hydrogen-bond donors (Lipinski definition) is 0. The van der Waals surface area contributed by atoms with Crippen molar-refractivity contribution in [1.29, 1.82) is 0 Å². The maximum Gasteiger partial charge on any atom is 0.166 e. The third-order valence-corrected chi connectivity index (χ3v) is 2.28. The summed E-state index contributed by atoms with van der Waals surface area (Å²) in [5, 5.41) is 2.29. The first-order valence-electron chi connectivity index (χ1n) is 4.27. The molecule has 0 saturated carbocycles. The van der Waals surface area contributed by atoms with Crippen LogP contribution in [0.1, 0.15) is 5.56 Å². The normalized spacial score (nSPS) is 12.0. The fourth-order valence-corrected chi connectivity index (χ4v) is 1.69. The highest BCUT2D eigenvalue weighted by molar-refractivity contribution is 9.11. The molecule has 2 aromatic carbocycles. The third-order valence-electron chi connectivity index (χ3n) is 2.05. The molecule has 70 valence electrons. The molecule has 0 spiro atoms. The molecule has 0 aliphatic heterocycles. The van der Waals surface area contributed by atoms with Gasteiger partial charge >= 0.3 is 0 Å². The molecule has 0 aromatic heterocycles. The molecular weight excluding hydrogens is 243 g/mol. The number of hydrogen-bond acceptors (Lipinski definition) is 0. The van der Waals surface area contributed by atoms with E-state index in [4.69, 9.17) is 0 Å². The van der Waals surface area contributed by atoms with Gasteiger partial charge in [-0.15, -0.1) is 0 Å². The lowest BCUT2D eigenvalue weighted by molar-refractivity contribution is 0.712. The van der Waals surface area contributed by atoms with Crippen LogP contribution in [-0.2, 0) is 0 Å². The Balaban J connectivity index is 2.57. The van der Waals surface area contributed by atoms with Crippen molar-refractivity contribution in [2.45, 2.75) is 0 Å². The zero-order valence-electron chi connectivity index (χ0n) is 7.37. The lowest BCUT2D eigenvalue weighted by atomic mass is 10.1. The van der Waals surface area contributed by atoms with Crippen molar-refractivity contribution in [3.05, 3.63) is 52.8 Å². The van der Waals surface area contributed by atoms with Crippen LogP contribution in [0.3, 0.4) is 0 Å². The molecule has 0 unspecified atom stereocenters. The van der Waals surface area contributed by atoms with Crippen molar-refractivity contribution < 1.29 is 4.39 Å². The Hall–Kier alpha value is -1.15. The Morgan fingerprint density at radius 3 is 2.50 bits per heavy atom. The van der Waals surface area contributed by atoms with Crippen molar-refractivity contribution in [2.24, 2.45) is 0 Å². The Kier molecular flexibility index (Phi) is 2.64. The summed E-state index contributed by atoms with van der Waals surface area (Å²) in [6.45, 7) is 0. The fourth-order valence-electron chi connectivity index (χ4n) is 1.42. The van der Waals surface area contributed by atoms with E-state index in [9.17, 15) is 4.39 Å². The molecule has 2 rings (SSSR count). The van der Waals surface area contributed by atoms with Gasteiger partial charge in [-0.1, -0.05) is 36.4 Å². The molecular formula is C12H8BrF. The van der Waals surface area contributed by atoms with Gasteiger partial charge in [0.15, 0.2) is 4.74 Å². The quantitative estimate of drug-likeness (QED) is 0.699. The minimum atomic E-state index is -0.354. The van der Waals surface area contributed by atoms with Crippen LogP contribution in [0, 0.1) is 0 Å². The maximum atomic E-state index is 12.6. The van der Waals surface area contributed by atoms with Crippen molar-refractivity contribution in [3.8, 4) is 0 Å². The van der Waals surface area contributed by atoms with E-state index in [1.165, 1.54) is 11.5 Å². The van der Waals surface area contributed by atoms with Crippen molar-refractivity contribution in [3.63, 3.8) is 0 Å². The van der Waals surface area contributed by atoms with Gasteiger partial charge in [0.05, 0.1) is 0 Å². The van der Waals surface area contributed by atoms with Gasteiger partial charge in [-0.3, -0.25) is 0 Å². The summed E-state index contributed by atoms with van der Waals surface area (Å²) in [6, 6.07) is 13.8. The van der Waals surface area contributed by atoms with E-state index in [-0.39, 0.29) is 4.74 Å². The standard InChI is InChI=1S/C12H8BrF/c13-12(14)8-9-5-6-10-3-1-2-4-11(10)7-9/h1-8H/b12-8+. The Labute approximate surface area is 90.2 Å². The number of halogens is 2. The van der Waals surface area contributed by atoms with Crippen molar-refractivity contribution in [1.82, 2.24) is 0 Å². The zero-order chi connectivity index (χ0) is 9.97. The molecule has 0 atom stereocenters. The Morgan fingerprint density at radius 1 is 1.07 bits per heavy atom. The average molecular weight is 251 g/mol. The van der Waals surface area contributed by atoms with E-state index in [1.807, 2.05) is 42.5 Å². The summed E-state index contributed by atoms with van der Waals surface area (Å²) >= 11 is 2.77. The van der Waals surface area contributed by atoms with Gasteiger partial charge in [0.2, 0.25) is 0 Å². The van der Waals surface area contributed by atoms with Crippen LogP contribution in [0.5, 0.6) is 0 Å². The second-order valence-electron chi connectivity index (χ2n) is 3.04. The average Bonchev–Trinajstić information content (AvgIpc) is 2.17. The molecule has 0 aliphatic carbocycles. The molecule has 0 fully saturated rings. The zero-order valence-corrected chi connectivity index (χ0v) is 8.96. The highest BCUT2D eigenvalue weighted by Crippen LogP contribution is 2.19. The summed E-state index contributed by atoms with van der Waals surface area (Å²) in [4.78, 5) is 0. The molecule has 2 aromatic rings. The van der Waals surface area contributed by atoms with Crippen LogP contribution in [0.2, 0.25) is 0 Å². The maximum absolute atomic E-state index is 12.6. The van der Waals surface area contributed by atoms with Crippen molar-refractivity contribution >= 4 is 32.8 Å². The molecule has 0 saturated heterocycles. The molecule has 0 amide bonds. The number of fused-ring (bicyclic) bond motifs is 1. The molecule has 0 nitrogen and oxygen atoms in total. The van der Waals surface area contributed by atoms with E-state index in [0.717, 1.165) is 10.9 Å². The SMILES string of the molecule is F/C(Br)=C/c1ccc2ccccc2c1. The van der Waals surface area contributed by atoms with E-state index in [1.54, 1.807) is 0 Å². The second kappa shape index (κ2) is 3.93. The van der Waals surface area contributed by atoms with E-state index in [0.29, 0.717) is 0 Å². The largest absolute Gasteiger partial charge is 0.199 e. The summed E-state index contributed by atoms with van der Waals surface area (Å²) in [6.07, 6.45) is 1.45. The lowest BCUT2D eigenvalue weighted by Crippen LogP contribution is -1.74. The lowest BCUT2D eigenvalue weighted by Gasteiger charge is -1.98. The molecule has 0 radical (unpaired) electrons. The highest BCUT2D eigenvalue weighted by Gasteiger charge is 1.94. The van der Waals surface area contributed by atoms with Crippen LogP contribution >= 0.6 is 15.9 Å². The molecule has 0 N–H and O–H groups in total. The number of benzene rings is 2. The van der Waals surface area contributed by atoms with Gasteiger partial charge in [-0.2, -0.15) is 4.39 Å². The van der Waals surface area contributed by atoms with Gasteiger partial charge in [0.25, 0.3) is 0 Å². The molecule has 0 bridgehead atoms. The highest BCUT2D eigenvalue weighted by atomic mass is 79.9. The summed E-state index contributed by atoms with van der Waals surface area (Å²) in [5.74, 6) is 0. The minimum absolute atomic E-state index is 0.354. The van der Waals surface area contributed by atoms with Gasteiger partial charge in [0.1, 0.15) is 0 Å². The first-order chi connectivity index (χ1) is 6.75. The van der Waals surface area contributed by atoms with E-state index in [2.05, 4.69) is 15.9 Å². The van der Waals surface area contributed by atoms with E-state index >= 15 is 0 Å². The van der Waals surface area contributed by atoms with Crippen LogP contribution in [-0.4, -0.2) is 0 Å². The van der Waals surface area contributed by atoms with Crippen LogP contribution in [0.15, 0.2) is 47.2 Å². The van der Waals surface area contributed by atoms with Gasteiger partial charge in [-0.05, 0) is 44.4 Å². The Morgan fingerprint density at radius 2 is 1.79 bits per heavy atom. The fraction of sp³-hybridized carbons (Fsp3) is 0. The van der Waals surface area contributed by atoms with Gasteiger partial charge in [-0.25, -0.2) is 0 Å². The predicted octanol–water partition coefficient (Wildman–Crippen LogP) is 4.50. The smallest absolute Gasteiger partial charge is 0.166 e. The predicted molar refractivity (Wildman–Crippen MR) is 62.0 cm³/mol. The molecule has 2 heteroatoms. The molecule has 14 heavy (non-hydrogen) atoms. The van der Waals surface area contributed by atoms with Gasteiger partial charge < -0.3 is 0 Å². The first kappa shape index (κ1) is 9.41. The van der Waals surface area contributed by atoms with E-state index < -0.39 is 0 Å².